The predicted molar refractivity (Wildman–Crippen MR) is 89.4 cm³/mol. The largest absolute Gasteiger partial charge is 0.390 e. The molecule has 1 aromatic rings. The minimum Gasteiger partial charge on any atom is -0.390 e. The molecule has 8 heteroatoms. The van der Waals surface area contributed by atoms with Crippen LogP contribution in [0.3, 0.4) is 0 Å². The minimum absolute atomic E-state index is 0.148. The van der Waals surface area contributed by atoms with Gasteiger partial charge in [0.25, 0.3) is 0 Å². The van der Waals surface area contributed by atoms with Crippen molar-refractivity contribution in [1.29, 1.82) is 0 Å². The number of nitrogens with zero attached hydrogens (tertiary/aromatic N) is 1. The maximum absolute atomic E-state index is 12.3. The molecule has 0 saturated carbocycles. The number of rotatable bonds is 7. The first-order valence-electron chi connectivity index (χ1n) is 7.05. The first kappa shape index (κ1) is 17.2. The lowest BCUT2D eigenvalue weighted by Gasteiger charge is -2.20. The lowest BCUT2D eigenvalue weighted by atomic mass is 10.4. The van der Waals surface area contributed by atoms with E-state index in [1.54, 1.807) is 16.8 Å². The minimum atomic E-state index is -3.49. The number of aryl methyl sites for hydroxylation is 1. The van der Waals surface area contributed by atoms with E-state index in [0.717, 1.165) is 23.7 Å². The molecule has 1 unspecified atom stereocenters. The Hall–Kier alpha value is -0.150. The lowest BCUT2D eigenvalue weighted by Crippen LogP contribution is -2.33. The van der Waals surface area contributed by atoms with Gasteiger partial charge in [-0.2, -0.15) is 23.5 Å². The van der Waals surface area contributed by atoms with Crippen molar-refractivity contribution in [2.75, 3.05) is 23.8 Å². The van der Waals surface area contributed by atoms with E-state index in [1.165, 1.54) is 0 Å². The van der Waals surface area contributed by atoms with Crippen molar-refractivity contribution in [3.63, 3.8) is 0 Å². The van der Waals surface area contributed by atoms with E-state index < -0.39 is 10.0 Å². The molecule has 1 aliphatic heterocycles. The maximum atomic E-state index is 12.3. The van der Waals surface area contributed by atoms with Crippen LogP contribution in [0.1, 0.15) is 19.0 Å². The zero-order valence-electron chi connectivity index (χ0n) is 12.1. The van der Waals surface area contributed by atoms with Gasteiger partial charge in [-0.15, -0.1) is 0 Å². The molecule has 2 rings (SSSR count). The fraction of sp³-hybridized carbons (Fsp3) is 0.692. The highest BCUT2D eigenvalue weighted by Gasteiger charge is 2.21. The summed E-state index contributed by atoms with van der Waals surface area (Å²) in [6.45, 7) is 3.05. The summed E-state index contributed by atoms with van der Waals surface area (Å²) in [5, 5.41) is 9.66. The third-order valence-electron chi connectivity index (χ3n) is 3.28. The van der Waals surface area contributed by atoms with Crippen molar-refractivity contribution >= 4 is 33.5 Å². The topological polar surface area (TPSA) is 71.3 Å². The summed E-state index contributed by atoms with van der Waals surface area (Å²) in [6, 6.07) is 1.56. The number of sulfonamides is 1. The molecule has 0 aliphatic carbocycles. The molecule has 1 aliphatic rings. The standard InChI is InChI=1S/C13H22N2O3S3/c1-2-3-15-8-13(6-11(15)9-16)21(17,18)14-7-12-10-19-4-5-20-12/h6,8,12,14,16H,2-5,7,9-10H2,1H3. The van der Waals surface area contributed by atoms with Crippen LogP contribution in [0.5, 0.6) is 0 Å². The van der Waals surface area contributed by atoms with Gasteiger partial charge in [0.15, 0.2) is 0 Å². The number of aliphatic hydroxyl groups excluding tert-OH is 1. The SMILES string of the molecule is CCCn1cc(S(=O)(=O)NCC2CSCCS2)cc1CO. The molecule has 1 atom stereocenters. The van der Waals surface area contributed by atoms with Crippen LogP contribution in [-0.4, -0.2) is 47.1 Å². The number of thioether (sulfide) groups is 2. The van der Waals surface area contributed by atoms with E-state index in [2.05, 4.69) is 4.72 Å². The Balaban J connectivity index is 2.04. The van der Waals surface area contributed by atoms with Crippen LogP contribution in [0.2, 0.25) is 0 Å². The number of aromatic nitrogens is 1. The first-order valence-corrected chi connectivity index (χ1v) is 10.7. The highest BCUT2D eigenvalue weighted by atomic mass is 32.2. The van der Waals surface area contributed by atoms with Crippen LogP contribution in [0.25, 0.3) is 0 Å². The summed E-state index contributed by atoms with van der Waals surface area (Å²) < 4.78 is 29.2. The van der Waals surface area contributed by atoms with Gasteiger partial charge in [0.1, 0.15) is 0 Å². The molecule has 21 heavy (non-hydrogen) atoms. The smallest absolute Gasteiger partial charge is 0.242 e. The summed E-state index contributed by atoms with van der Waals surface area (Å²) >= 11 is 3.70. The molecule has 1 fully saturated rings. The second kappa shape index (κ2) is 7.92. The number of nitrogens with one attached hydrogen (secondary N) is 1. The fourth-order valence-electron chi connectivity index (χ4n) is 2.19. The number of hydrogen-bond acceptors (Lipinski definition) is 5. The highest BCUT2D eigenvalue weighted by Crippen LogP contribution is 2.24. The van der Waals surface area contributed by atoms with E-state index in [1.807, 2.05) is 30.4 Å². The van der Waals surface area contributed by atoms with Crippen molar-refractivity contribution in [2.24, 2.45) is 0 Å². The Morgan fingerprint density at radius 2 is 2.29 bits per heavy atom. The molecule has 1 aromatic heterocycles. The Bertz CT molecular complexity index is 551. The van der Waals surface area contributed by atoms with Crippen molar-refractivity contribution < 1.29 is 13.5 Å². The second-order valence-corrected chi connectivity index (χ2v) is 9.26. The van der Waals surface area contributed by atoms with Crippen LogP contribution < -0.4 is 4.72 Å². The van der Waals surface area contributed by atoms with Gasteiger partial charge in [-0.3, -0.25) is 0 Å². The van der Waals surface area contributed by atoms with Gasteiger partial charge in [0.05, 0.1) is 11.5 Å². The molecular formula is C13H22N2O3S3. The Kier molecular flexibility index (Phi) is 6.49. The molecular weight excluding hydrogens is 328 g/mol. The summed E-state index contributed by atoms with van der Waals surface area (Å²) in [6.07, 6.45) is 2.50. The molecule has 1 saturated heterocycles. The second-order valence-electron chi connectivity index (χ2n) is 4.94. The normalized spacial score (nSPS) is 19.8. The van der Waals surface area contributed by atoms with Crippen molar-refractivity contribution in [3.8, 4) is 0 Å². The monoisotopic (exact) mass is 350 g/mol. The van der Waals surface area contributed by atoms with Crippen molar-refractivity contribution in [3.05, 3.63) is 18.0 Å². The van der Waals surface area contributed by atoms with E-state index >= 15 is 0 Å². The zero-order chi connectivity index (χ0) is 15.3. The van der Waals surface area contributed by atoms with Gasteiger partial charge in [-0.25, -0.2) is 13.1 Å². The molecule has 0 amide bonds. The molecule has 0 aromatic carbocycles. The molecule has 5 nitrogen and oxygen atoms in total. The Labute approximate surface area is 134 Å². The third kappa shape index (κ3) is 4.66. The summed E-state index contributed by atoms with van der Waals surface area (Å²) in [4.78, 5) is 0.244. The molecule has 0 radical (unpaired) electrons. The molecule has 120 valence electrons. The summed E-state index contributed by atoms with van der Waals surface area (Å²) in [5.74, 6) is 3.22. The molecule has 2 heterocycles. The fourth-order valence-corrected chi connectivity index (χ4v) is 6.06. The molecule has 0 spiro atoms. The summed E-state index contributed by atoms with van der Waals surface area (Å²) in [7, 11) is -3.49. The van der Waals surface area contributed by atoms with E-state index in [4.69, 9.17) is 0 Å². The quantitative estimate of drug-likeness (QED) is 0.780. The maximum Gasteiger partial charge on any atom is 0.242 e. The van der Waals surface area contributed by atoms with Crippen LogP contribution in [-0.2, 0) is 23.2 Å². The average Bonchev–Trinajstić information content (AvgIpc) is 2.91. The van der Waals surface area contributed by atoms with E-state index in [-0.39, 0.29) is 11.5 Å². The van der Waals surface area contributed by atoms with Crippen LogP contribution in [0.15, 0.2) is 17.2 Å². The zero-order valence-corrected chi connectivity index (χ0v) is 14.6. The van der Waals surface area contributed by atoms with Gasteiger partial charge in [-0.1, -0.05) is 6.92 Å². The first-order chi connectivity index (χ1) is 10.1. The Morgan fingerprint density at radius 3 is 2.90 bits per heavy atom. The molecule has 2 N–H and O–H groups in total. The Morgan fingerprint density at radius 1 is 1.48 bits per heavy atom. The van der Waals surface area contributed by atoms with Gasteiger partial charge < -0.3 is 9.67 Å². The highest BCUT2D eigenvalue weighted by molar-refractivity contribution is 8.06. The van der Waals surface area contributed by atoms with Gasteiger partial charge >= 0.3 is 0 Å². The molecule has 0 bridgehead atoms. The number of hydrogen-bond donors (Lipinski definition) is 2. The lowest BCUT2D eigenvalue weighted by molar-refractivity contribution is 0.270. The number of aliphatic hydroxyl groups is 1. The van der Waals surface area contributed by atoms with Crippen molar-refractivity contribution in [2.45, 2.75) is 36.6 Å². The van der Waals surface area contributed by atoms with Gasteiger partial charge in [0, 0.05) is 47.5 Å². The third-order valence-corrected chi connectivity index (χ3v) is 7.52. The van der Waals surface area contributed by atoms with Crippen LogP contribution in [0, 0.1) is 0 Å². The summed E-state index contributed by atoms with van der Waals surface area (Å²) in [5.41, 5.74) is 0.639. The average molecular weight is 351 g/mol. The predicted octanol–water partition coefficient (Wildman–Crippen LogP) is 1.52. The van der Waals surface area contributed by atoms with Gasteiger partial charge in [-0.05, 0) is 12.5 Å². The van der Waals surface area contributed by atoms with Crippen molar-refractivity contribution in [1.82, 2.24) is 9.29 Å². The van der Waals surface area contributed by atoms with Crippen LogP contribution >= 0.6 is 23.5 Å². The van der Waals surface area contributed by atoms with Gasteiger partial charge in [0.2, 0.25) is 10.0 Å². The van der Waals surface area contributed by atoms with Crippen LogP contribution in [0.4, 0.5) is 0 Å². The van der Waals surface area contributed by atoms with E-state index in [0.29, 0.717) is 24.0 Å². The van der Waals surface area contributed by atoms with E-state index in [9.17, 15) is 13.5 Å².